The van der Waals surface area contributed by atoms with E-state index in [-0.39, 0.29) is 36.4 Å². The first-order valence-corrected chi connectivity index (χ1v) is 13.9. The molecule has 220 valence electrons. The van der Waals surface area contributed by atoms with Gasteiger partial charge >= 0.3 is 0 Å². The molecule has 2 heterocycles. The standard InChI is InChI=1S/C18H25N3O.C10H13NO.C2H6N2O.ClH/c22-17-14-21(13-15-4-2-1-3-5-15)18(19-17)8-10-20(11-9-18)12-16-6-7-16;11-10(12)8-4-7-9-5-2-1-3-6-9;3-1-2(4)5;/h1-5,16H,6-14H2,(H,19,22);1-3,5-6H,4,7-8H2,(H2,11,12);1,3H2,(H2,4,5);1H. The average Bonchev–Trinajstić information content (AvgIpc) is 3.70. The monoisotopic (exact) mass is 572 g/mol. The lowest BCUT2D eigenvalue weighted by molar-refractivity contribution is -0.119. The van der Waals surface area contributed by atoms with Gasteiger partial charge in [-0.1, -0.05) is 60.7 Å². The molecule has 0 bridgehead atoms. The Morgan fingerprint density at radius 3 is 1.95 bits per heavy atom. The number of piperidine rings is 1. The number of nitrogens with zero attached hydrogens (tertiary/aromatic N) is 2. The van der Waals surface area contributed by atoms with Gasteiger partial charge in [0, 0.05) is 32.6 Å². The molecule has 7 N–H and O–H groups in total. The zero-order chi connectivity index (χ0) is 28.1. The predicted molar refractivity (Wildman–Crippen MR) is 160 cm³/mol. The van der Waals surface area contributed by atoms with Gasteiger partial charge in [0.05, 0.1) is 18.8 Å². The number of nitrogens with two attached hydrogens (primary N) is 3. The minimum atomic E-state index is -0.468. The van der Waals surface area contributed by atoms with Crippen LogP contribution in [0.4, 0.5) is 0 Å². The van der Waals surface area contributed by atoms with Crippen LogP contribution in [0.25, 0.3) is 0 Å². The van der Waals surface area contributed by atoms with Gasteiger partial charge in [0.25, 0.3) is 0 Å². The molecule has 3 aliphatic rings. The largest absolute Gasteiger partial charge is 0.370 e. The van der Waals surface area contributed by atoms with Crippen LogP contribution in [0.5, 0.6) is 0 Å². The van der Waals surface area contributed by atoms with Crippen LogP contribution in [0.3, 0.4) is 0 Å². The Balaban J connectivity index is 0.000000264. The van der Waals surface area contributed by atoms with Crippen molar-refractivity contribution < 1.29 is 14.4 Å². The summed E-state index contributed by atoms with van der Waals surface area (Å²) >= 11 is 0. The van der Waals surface area contributed by atoms with Gasteiger partial charge in [0.1, 0.15) is 0 Å². The van der Waals surface area contributed by atoms with Gasteiger partial charge < -0.3 is 27.4 Å². The molecule has 1 aliphatic carbocycles. The van der Waals surface area contributed by atoms with Crippen molar-refractivity contribution in [1.29, 1.82) is 0 Å². The number of carbonyl (C=O) groups is 3. The van der Waals surface area contributed by atoms with Crippen molar-refractivity contribution in [1.82, 2.24) is 15.1 Å². The second kappa shape index (κ2) is 17.0. The van der Waals surface area contributed by atoms with E-state index in [2.05, 4.69) is 57.2 Å². The molecule has 9 nitrogen and oxygen atoms in total. The summed E-state index contributed by atoms with van der Waals surface area (Å²) in [4.78, 5) is 36.8. The first-order chi connectivity index (χ1) is 18.8. The lowest BCUT2D eigenvalue weighted by atomic mass is 9.95. The first-order valence-electron chi connectivity index (χ1n) is 13.9. The molecule has 2 saturated heterocycles. The van der Waals surface area contributed by atoms with Crippen molar-refractivity contribution in [2.45, 2.75) is 57.2 Å². The highest BCUT2D eigenvalue weighted by atomic mass is 35.5. The van der Waals surface area contributed by atoms with Gasteiger partial charge in [0.2, 0.25) is 17.7 Å². The molecule has 0 radical (unpaired) electrons. The van der Waals surface area contributed by atoms with Gasteiger partial charge in [-0.2, -0.15) is 0 Å². The number of hydrogen-bond acceptors (Lipinski definition) is 6. The number of hydrogen-bond donors (Lipinski definition) is 4. The second-order valence-corrected chi connectivity index (χ2v) is 10.6. The molecule has 2 aliphatic heterocycles. The van der Waals surface area contributed by atoms with E-state index < -0.39 is 5.91 Å². The maximum atomic E-state index is 12.0. The quantitative estimate of drug-likeness (QED) is 0.362. The molecular weight excluding hydrogens is 528 g/mol. The number of primary amides is 2. The number of halogens is 1. The summed E-state index contributed by atoms with van der Waals surface area (Å²) < 4.78 is 0. The summed E-state index contributed by atoms with van der Waals surface area (Å²) in [6.45, 7) is 4.84. The first kappa shape index (κ1) is 33.2. The van der Waals surface area contributed by atoms with E-state index in [0.717, 1.165) is 51.2 Å². The predicted octanol–water partition coefficient (Wildman–Crippen LogP) is 2.17. The molecule has 0 aromatic heterocycles. The summed E-state index contributed by atoms with van der Waals surface area (Å²) in [7, 11) is 0. The molecule has 10 heteroatoms. The zero-order valence-electron chi connectivity index (χ0n) is 23.3. The van der Waals surface area contributed by atoms with Gasteiger partial charge in [-0.05, 0) is 55.6 Å². The van der Waals surface area contributed by atoms with Crippen LogP contribution in [0.2, 0.25) is 0 Å². The second-order valence-electron chi connectivity index (χ2n) is 10.6. The molecule has 3 amide bonds. The lowest BCUT2D eigenvalue weighted by Crippen LogP contribution is -2.58. The lowest BCUT2D eigenvalue weighted by Gasteiger charge is -2.44. The van der Waals surface area contributed by atoms with Crippen LogP contribution in [-0.2, 0) is 27.3 Å². The Morgan fingerprint density at radius 1 is 0.900 bits per heavy atom. The summed E-state index contributed by atoms with van der Waals surface area (Å²) in [5, 5.41) is 3.29. The maximum absolute atomic E-state index is 12.0. The van der Waals surface area contributed by atoms with Crippen LogP contribution < -0.4 is 22.5 Å². The molecule has 2 aromatic carbocycles. The summed E-state index contributed by atoms with van der Waals surface area (Å²) in [5.41, 5.74) is 16.7. The van der Waals surface area contributed by atoms with Crippen LogP contribution in [0.1, 0.15) is 49.7 Å². The molecule has 40 heavy (non-hydrogen) atoms. The smallest absolute Gasteiger partial charge is 0.235 e. The van der Waals surface area contributed by atoms with Crippen LogP contribution in [-0.4, -0.2) is 65.9 Å². The normalized spacial score (nSPS) is 17.9. The number of benzene rings is 2. The van der Waals surface area contributed by atoms with Crippen LogP contribution in [0.15, 0.2) is 60.7 Å². The minimum absolute atomic E-state index is 0. The Morgan fingerprint density at radius 2 is 1.45 bits per heavy atom. The van der Waals surface area contributed by atoms with E-state index in [1.165, 1.54) is 30.5 Å². The molecule has 1 saturated carbocycles. The molecule has 2 aromatic rings. The van der Waals surface area contributed by atoms with E-state index in [1.54, 1.807) is 0 Å². The molecule has 5 rings (SSSR count). The van der Waals surface area contributed by atoms with E-state index in [4.69, 9.17) is 11.5 Å². The Hall–Kier alpha value is -2.98. The number of carbonyl (C=O) groups excluding carboxylic acids is 3. The summed E-state index contributed by atoms with van der Waals surface area (Å²) in [6.07, 6.45) is 7.20. The van der Waals surface area contributed by atoms with Gasteiger partial charge in [-0.3, -0.25) is 19.3 Å². The number of likely N-dealkylation sites (tertiary alicyclic amines) is 1. The topological polar surface area (TPSA) is 148 Å². The van der Waals surface area contributed by atoms with Crippen molar-refractivity contribution in [3.05, 3.63) is 71.8 Å². The minimum Gasteiger partial charge on any atom is -0.370 e. The highest BCUT2D eigenvalue weighted by Gasteiger charge is 2.46. The fourth-order valence-corrected chi connectivity index (χ4v) is 5.04. The average molecular weight is 573 g/mol. The summed E-state index contributed by atoms with van der Waals surface area (Å²) in [5.74, 6) is 0.454. The van der Waals surface area contributed by atoms with Crippen molar-refractivity contribution in [2.24, 2.45) is 23.1 Å². The SMILES string of the molecule is Cl.NC(=O)CCCc1ccccc1.NCC(N)=O.O=C1CN(Cc2ccccc2)C2(CCN(CC3CC3)CC2)N1. The molecule has 0 atom stereocenters. The van der Waals surface area contributed by atoms with E-state index in [0.29, 0.717) is 13.0 Å². The fraction of sp³-hybridized carbons (Fsp3) is 0.500. The van der Waals surface area contributed by atoms with Gasteiger partial charge in [-0.15, -0.1) is 12.4 Å². The van der Waals surface area contributed by atoms with Gasteiger partial charge in [0.15, 0.2) is 0 Å². The third kappa shape index (κ3) is 11.6. The van der Waals surface area contributed by atoms with Crippen molar-refractivity contribution in [3.63, 3.8) is 0 Å². The third-order valence-electron chi connectivity index (χ3n) is 7.36. The Labute approximate surface area is 244 Å². The number of nitrogens with one attached hydrogen (secondary N) is 1. The highest BCUT2D eigenvalue weighted by Crippen LogP contribution is 2.34. The molecule has 0 unspecified atom stereocenters. The van der Waals surface area contributed by atoms with Crippen molar-refractivity contribution >= 4 is 30.1 Å². The fourth-order valence-electron chi connectivity index (χ4n) is 5.04. The van der Waals surface area contributed by atoms with Crippen LogP contribution >= 0.6 is 12.4 Å². The summed E-state index contributed by atoms with van der Waals surface area (Å²) in [6, 6.07) is 20.6. The number of rotatable bonds is 9. The number of amides is 3. The number of aryl methyl sites for hydroxylation is 1. The highest BCUT2D eigenvalue weighted by molar-refractivity contribution is 5.85. The van der Waals surface area contributed by atoms with E-state index in [9.17, 15) is 14.4 Å². The molecular formula is C30H45ClN6O3. The maximum Gasteiger partial charge on any atom is 0.235 e. The van der Waals surface area contributed by atoms with Crippen LogP contribution in [0, 0.1) is 5.92 Å². The Kier molecular flexibility index (Phi) is 14.1. The zero-order valence-corrected chi connectivity index (χ0v) is 24.1. The Bertz CT molecular complexity index is 1040. The molecule has 3 fully saturated rings. The van der Waals surface area contributed by atoms with Crippen molar-refractivity contribution in [2.75, 3.05) is 32.7 Å². The third-order valence-corrected chi connectivity index (χ3v) is 7.36. The van der Waals surface area contributed by atoms with E-state index in [1.807, 2.05) is 24.3 Å². The van der Waals surface area contributed by atoms with E-state index >= 15 is 0 Å². The van der Waals surface area contributed by atoms with Crippen molar-refractivity contribution in [3.8, 4) is 0 Å². The molecule has 1 spiro atoms. The van der Waals surface area contributed by atoms with Gasteiger partial charge in [-0.25, -0.2) is 0 Å².